The fourth-order valence-corrected chi connectivity index (χ4v) is 2.86. The van der Waals surface area contributed by atoms with Gasteiger partial charge in [0, 0.05) is 30.1 Å². The van der Waals surface area contributed by atoms with Crippen molar-refractivity contribution in [2.75, 3.05) is 11.9 Å². The third-order valence-electron chi connectivity index (χ3n) is 4.27. The minimum atomic E-state index is 0.184. The van der Waals surface area contributed by atoms with Crippen LogP contribution >= 0.6 is 0 Å². The van der Waals surface area contributed by atoms with Gasteiger partial charge in [0.05, 0.1) is 11.4 Å². The number of nitrogens with zero attached hydrogens (tertiary/aromatic N) is 2. The number of hydrogen-bond donors (Lipinski definition) is 2. The van der Waals surface area contributed by atoms with Crippen LogP contribution in [0.2, 0.25) is 0 Å². The van der Waals surface area contributed by atoms with Gasteiger partial charge in [0.1, 0.15) is 0 Å². The maximum absolute atomic E-state index is 8.97. The summed E-state index contributed by atoms with van der Waals surface area (Å²) in [5.74, 6) is 0. The second kappa shape index (κ2) is 7.32. The molecule has 0 fully saturated rings. The molecule has 0 saturated heterocycles. The Morgan fingerprint density at radius 3 is 2.38 bits per heavy atom. The second-order valence-corrected chi connectivity index (χ2v) is 5.92. The highest BCUT2D eigenvalue weighted by molar-refractivity contribution is 5.46. The predicted molar refractivity (Wildman–Crippen MR) is 97.6 cm³/mol. The average molecular weight is 321 g/mol. The largest absolute Gasteiger partial charge is 0.396 e. The lowest BCUT2D eigenvalue weighted by molar-refractivity contribution is 0.299. The summed E-state index contributed by atoms with van der Waals surface area (Å²) >= 11 is 0. The lowest BCUT2D eigenvalue weighted by Crippen LogP contribution is -2.03. The highest BCUT2D eigenvalue weighted by Gasteiger charge is 2.12. The van der Waals surface area contributed by atoms with Crippen LogP contribution in [0.5, 0.6) is 0 Å². The molecule has 0 atom stereocenters. The number of aromatic nitrogens is 2. The molecule has 1 heterocycles. The summed E-state index contributed by atoms with van der Waals surface area (Å²) in [7, 11) is 0. The summed E-state index contributed by atoms with van der Waals surface area (Å²) in [6, 6.07) is 18.4. The molecule has 0 unspecified atom stereocenters. The molecular formula is C20H23N3O. The first-order valence-electron chi connectivity index (χ1n) is 8.23. The fraction of sp³-hybridized carbons (Fsp3) is 0.250. The van der Waals surface area contributed by atoms with E-state index in [0.717, 1.165) is 34.9 Å². The molecule has 0 aliphatic rings. The standard InChI is InChI=1S/C20H23N3O/c1-15-20(14-21-18-10-8-17(9-11-18)12-13-24)16(2)23(22-15)19-6-4-3-5-7-19/h3-11,21,24H,12-14H2,1-2H3. The Bertz CT molecular complexity index is 792. The molecule has 0 radical (unpaired) electrons. The number of nitrogens with one attached hydrogen (secondary N) is 1. The van der Waals surface area contributed by atoms with Gasteiger partial charge in [-0.25, -0.2) is 4.68 Å². The molecule has 24 heavy (non-hydrogen) atoms. The Hall–Kier alpha value is -2.59. The first-order chi connectivity index (χ1) is 11.7. The van der Waals surface area contributed by atoms with Gasteiger partial charge in [0.2, 0.25) is 0 Å². The van der Waals surface area contributed by atoms with Crippen LogP contribution in [0.3, 0.4) is 0 Å². The zero-order valence-corrected chi connectivity index (χ0v) is 14.2. The molecule has 0 spiro atoms. The van der Waals surface area contributed by atoms with Crippen LogP contribution < -0.4 is 5.32 Å². The van der Waals surface area contributed by atoms with Crippen LogP contribution in [-0.2, 0) is 13.0 Å². The van der Waals surface area contributed by atoms with E-state index in [2.05, 4.69) is 41.6 Å². The first kappa shape index (κ1) is 16.3. The van der Waals surface area contributed by atoms with Gasteiger partial charge >= 0.3 is 0 Å². The summed E-state index contributed by atoms with van der Waals surface area (Å²) in [6.07, 6.45) is 0.697. The number of benzene rings is 2. The second-order valence-electron chi connectivity index (χ2n) is 5.92. The average Bonchev–Trinajstić information content (AvgIpc) is 2.90. The number of aliphatic hydroxyl groups excluding tert-OH is 1. The van der Waals surface area contributed by atoms with Crippen LogP contribution in [0.1, 0.15) is 22.5 Å². The van der Waals surface area contributed by atoms with Crippen molar-refractivity contribution in [3.8, 4) is 5.69 Å². The Balaban J connectivity index is 1.75. The van der Waals surface area contributed by atoms with Crippen LogP contribution in [0.15, 0.2) is 54.6 Å². The quantitative estimate of drug-likeness (QED) is 0.729. The van der Waals surface area contributed by atoms with E-state index in [1.165, 1.54) is 5.56 Å². The minimum Gasteiger partial charge on any atom is -0.396 e. The van der Waals surface area contributed by atoms with Gasteiger partial charge in [0.25, 0.3) is 0 Å². The van der Waals surface area contributed by atoms with Crippen molar-refractivity contribution in [2.45, 2.75) is 26.8 Å². The summed E-state index contributed by atoms with van der Waals surface area (Å²) in [6.45, 7) is 5.08. The molecule has 2 N–H and O–H groups in total. The van der Waals surface area contributed by atoms with Gasteiger partial charge in [-0.05, 0) is 50.1 Å². The fourth-order valence-electron chi connectivity index (χ4n) is 2.86. The third kappa shape index (κ3) is 3.49. The molecule has 2 aromatic carbocycles. The van der Waals surface area contributed by atoms with Crippen molar-refractivity contribution in [1.82, 2.24) is 9.78 Å². The zero-order valence-electron chi connectivity index (χ0n) is 14.2. The lowest BCUT2D eigenvalue weighted by Gasteiger charge is -2.09. The first-order valence-corrected chi connectivity index (χ1v) is 8.23. The Kier molecular flexibility index (Phi) is 4.96. The van der Waals surface area contributed by atoms with E-state index in [1.54, 1.807) is 0 Å². The highest BCUT2D eigenvalue weighted by Crippen LogP contribution is 2.19. The molecule has 1 aromatic heterocycles. The van der Waals surface area contributed by atoms with Crippen molar-refractivity contribution >= 4 is 5.69 Å². The van der Waals surface area contributed by atoms with Crippen LogP contribution in [0.25, 0.3) is 5.69 Å². The molecule has 0 saturated carbocycles. The van der Waals surface area contributed by atoms with Crippen molar-refractivity contribution in [3.05, 3.63) is 77.1 Å². The molecule has 124 valence electrons. The maximum Gasteiger partial charge on any atom is 0.0650 e. The normalized spacial score (nSPS) is 10.8. The number of hydrogen-bond acceptors (Lipinski definition) is 3. The van der Waals surface area contributed by atoms with E-state index in [-0.39, 0.29) is 6.61 Å². The Labute approximate surface area is 142 Å². The topological polar surface area (TPSA) is 50.1 Å². The van der Waals surface area contributed by atoms with E-state index >= 15 is 0 Å². The molecule has 4 heteroatoms. The summed E-state index contributed by atoms with van der Waals surface area (Å²) in [4.78, 5) is 0. The van der Waals surface area contributed by atoms with Crippen molar-refractivity contribution in [1.29, 1.82) is 0 Å². The number of aliphatic hydroxyl groups is 1. The van der Waals surface area contributed by atoms with Crippen LogP contribution in [-0.4, -0.2) is 21.5 Å². The summed E-state index contributed by atoms with van der Waals surface area (Å²) in [5.41, 5.74) is 6.72. The van der Waals surface area contributed by atoms with Crippen molar-refractivity contribution in [2.24, 2.45) is 0 Å². The molecule has 3 rings (SSSR count). The predicted octanol–water partition coefficient (Wildman–Crippen LogP) is 3.64. The van der Waals surface area contributed by atoms with Gasteiger partial charge in [-0.3, -0.25) is 0 Å². The van der Waals surface area contributed by atoms with Gasteiger partial charge in [-0.15, -0.1) is 0 Å². The smallest absolute Gasteiger partial charge is 0.0650 e. The third-order valence-corrected chi connectivity index (χ3v) is 4.27. The van der Waals surface area contributed by atoms with Gasteiger partial charge < -0.3 is 10.4 Å². The van der Waals surface area contributed by atoms with Gasteiger partial charge in [-0.2, -0.15) is 5.10 Å². The van der Waals surface area contributed by atoms with E-state index in [9.17, 15) is 0 Å². The van der Waals surface area contributed by atoms with Crippen molar-refractivity contribution in [3.63, 3.8) is 0 Å². The molecule has 3 aromatic rings. The van der Waals surface area contributed by atoms with E-state index in [1.807, 2.05) is 41.9 Å². The van der Waals surface area contributed by atoms with E-state index < -0.39 is 0 Å². The van der Waals surface area contributed by atoms with Crippen molar-refractivity contribution < 1.29 is 5.11 Å². The molecular weight excluding hydrogens is 298 g/mol. The zero-order chi connectivity index (χ0) is 16.9. The Morgan fingerprint density at radius 2 is 1.71 bits per heavy atom. The van der Waals surface area contributed by atoms with Crippen LogP contribution in [0.4, 0.5) is 5.69 Å². The molecule has 0 aliphatic carbocycles. The lowest BCUT2D eigenvalue weighted by atomic mass is 10.1. The minimum absolute atomic E-state index is 0.184. The summed E-state index contributed by atoms with van der Waals surface area (Å²) < 4.78 is 2.00. The monoisotopic (exact) mass is 321 g/mol. The highest BCUT2D eigenvalue weighted by atomic mass is 16.2. The van der Waals surface area contributed by atoms with Crippen LogP contribution in [0, 0.1) is 13.8 Å². The molecule has 0 aliphatic heterocycles. The number of rotatable bonds is 6. The van der Waals surface area contributed by atoms with Gasteiger partial charge in [0.15, 0.2) is 0 Å². The van der Waals surface area contributed by atoms with Gasteiger partial charge in [-0.1, -0.05) is 30.3 Å². The maximum atomic E-state index is 8.97. The van der Waals surface area contributed by atoms with E-state index in [0.29, 0.717) is 6.42 Å². The molecule has 4 nitrogen and oxygen atoms in total. The number of anilines is 1. The number of para-hydroxylation sites is 1. The SMILES string of the molecule is Cc1nn(-c2ccccc2)c(C)c1CNc1ccc(CCO)cc1. The van der Waals surface area contributed by atoms with E-state index in [4.69, 9.17) is 5.11 Å². The summed E-state index contributed by atoms with van der Waals surface area (Å²) in [5, 5.41) is 17.1. The molecule has 0 amide bonds. The number of aryl methyl sites for hydroxylation is 1. The Morgan fingerprint density at radius 1 is 1.00 bits per heavy atom. The molecule has 0 bridgehead atoms.